The summed E-state index contributed by atoms with van der Waals surface area (Å²) in [5.74, 6) is -4.58. The molecule has 3 atom stereocenters. The average Bonchev–Trinajstić information content (AvgIpc) is 3.52. The van der Waals surface area contributed by atoms with E-state index in [2.05, 4.69) is 15.5 Å². The first-order chi connectivity index (χ1) is 20.9. The van der Waals surface area contributed by atoms with Crippen LogP contribution in [-0.4, -0.2) is 83.3 Å². The Bertz CT molecular complexity index is 1790. The molecule has 2 aliphatic rings. The van der Waals surface area contributed by atoms with Gasteiger partial charge in [-0.1, -0.05) is 28.1 Å². The molecule has 0 saturated carbocycles. The fourth-order valence-corrected chi connectivity index (χ4v) is 6.98. The highest BCUT2D eigenvalue weighted by atomic mass is 35.5. The number of β-lactam (4-membered cyclic amide) rings is 1. The first-order valence-corrected chi connectivity index (χ1v) is 15.0. The maximum Gasteiger partial charge on any atom is 0.352 e. The second kappa shape index (κ2) is 12.1. The number of hydrogen-bond donors (Lipinski definition) is 5. The summed E-state index contributed by atoms with van der Waals surface area (Å²) in [7, 11) is 0. The van der Waals surface area contributed by atoms with E-state index in [0.717, 1.165) is 21.8 Å². The van der Waals surface area contributed by atoms with Gasteiger partial charge in [-0.15, -0.1) is 11.8 Å². The Labute approximate surface area is 260 Å². The van der Waals surface area contributed by atoms with Gasteiger partial charge in [0.1, 0.15) is 39.2 Å². The summed E-state index contributed by atoms with van der Waals surface area (Å²) in [4.78, 5) is 71.6. The molecule has 1 fully saturated rings. The lowest BCUT2D eigenvalue weighted by Gasteiger charge is -2.49. The Morgan fingerprint density at radius 2 is 2.07 bits per heavy atom. The average molecular weight is 664 g/mol. The third kappa shape index (κ3) is 5.78. The molecule has 44 heavy (non-hydrogen) atoms. The van der Waals surface area contributed by atoms with Crippen LogP contribution in [-0.2, 0) is 41.9 Å². The molecule has 3 amide bonds. The number of hydrogen-bond acceptors (Lipinski definition) is 11. The van der Waals surface area contributed by atoms with Crippen LogP contribution in [0, 0.1) is 0 Å². The van der Waals surface area contributed by atoms with Crippen molar-refractivity contribution in [3.63, 3.8) is 0 Å². The third-order valence-electron chi connectivity index (χ3n) is 6.73. The molecule has 0 aromatic carbocycles. The van der Waals surface area contributed by atoms with Gasteiger partial charge in [-0.3, -0.25) is 19.3 Å². The van der Waals surface area contributed by atoms with E-state index in [0.29, 0.717) is 11.1 Å². The molecule has 7 N–H and O–H groups in total. The van der Waals surface area contributed by atoms with Gasteiger partial charge in [0.2, 0.25) is 17.5 Å². The quantitative estimate of drug-likeness (QED) is 0.0775. The molecule has 0 spiro atoms. The van der Waals surface area contributed by atoms with Crippen molar-refractivity contribution in [3.8, 4) is 0 Å². The highest BCUT2D eigenvalue weighted by molar-refractivity contribution is 8.00. The fraction of sp³-hybridized carbons (Fsp3) is 0.280. The fourth-order valence-electron chi connectivity index (χ4n) is 4.71. The Morgan fingerprint density at radius 3 is 2.70 bits per heavy atom. The van der Waals surface area contributed by atoms with Crippen molar-refractivity contribution in [2.75, 3.05) is 11.5 Å². The summed E-state index contributed by atoms with van der Waals surface area (Å²) < 4.78 is 3.46. The van der Waals surface area contributed by atoms with Crippen LogP contribution in [0.15, 0.2) is 47.0 Å². The number of rotatable bonds is 11. The van der Waals surface area contributed by atoms with Crippen LogP contribution in [0.4, 0.5) is 5.13 Å². The van der Waals surface area contributed by atoms with Crippen molar-refractivity contribution < 1.29 is 43.6 Å². The Balaban J connectivity index is 1.39. The van der Waals surface area contributed by atoms with E-state index >= 15 is 0 Å². The molecule has 19 heteroatoms. The number of aromatic nitrogens is 3. The summed E-state index contributed by atoms with van der Waals surface area (Å²) in [5, 5.41) is 24.6. The molecule has 230 valence electrons. The zero-order chi connectivity index (χ0) is 31.9. The lowest BCUT2D eigenvalue weighted by molar-refractivity contribution is -0.663. The van der Waals surface area contributed by atoms with Gasteiger partial charge in [0.15, 0.2) is 23.6 Å². The third-order valence-corrected chi connectivity index (χ3v) is 9.15. The first-order valence-electron chi connectivity index (χ1n) is 12.7. The summed E-state index contributed by atoms with van der Waals surface area (Å²) in [6, 6.07) is 4.19. The number of nitrogens with two attached hydrogens (primary N) is 2. The summed E-state index contributed by atoms with van der Waals surface area (Å²) >= 11 is 8.25. The molecule has 0 radical (unpaired) electrons. The normalized spacial score (nSPS) is 18.9. The number of carbonyl (C=O) groups is 5. The van der Waals surface area contributed by atoms with Gasteiger partial charge < -0.3 is 36.4 Å². The van der Waals surface area contributed by atoms with E-state index in [9.17, 15) is 29.1 Å². The molecule has 2 aliphatic heterocycles. The number of nitrogens with zero attached hydrogens (tertiary/aromatic N) is 5. The number of nitrogen functional groups attached to an aromatic ring is 1. The zero-order valence-electron chi connectivity index (χ0n) is 22.7. The van der Waals surface area contributed by atoms with Gasteiger partial charge in [-0.05, 0) is 13.0 Å². The number of thioether (sulfide) groups is 1. The molecule has 1 saturated heterocycles. The number of thiazole rings is 1. The van der Waals surface area contributed by atoms with E-state index in [1.54, 1.807) is 39.7 Å². The van der Waals surface area contributed by atoms with Crippen molar-refractivity contribution in [2.24, 2.45) is 10.9 Å². The molecule has 16 nitrogen and oxygen atoms in total. The van der Waals surface area contributed by atoms with Gasteiger partial charge in [0.25, 0.3) is 11.8 Å². The number of carboxylic acids is 2. The summed E-state index contributed by atoms with van der Waals surface area (Å²) in [6.45, 7) is 1.31. The molecule has 3 aromatic rings. The van der Waals surface area contributed by atoms with E-state index in [1.807, 2.05) is 0 Å². The van der Waals surface area contributed by atoms with Crippen molar-refractivity contribution in [1.29, 1.82) is 0 Å². The van der Waals surface area contributed by atoms with E-state index in [-0.39, 0.29) is 39.7 Å². The number of fused-ring (bicyclic) bond motifs is 2. The number of pyridine rings is 1. The Kier molecular flexibility index (Phi) is 8.49. The summed E-state index contributed by atoms with van der Waals surface area (Å²) in [5.41, 5.74) is 12.0. The van der Waals surface area contributed by atoms with Crippen LogP contribution in [0.1, 0.15) is 12.6 Å². The van der Waals surface area contributed by atoms with Gasteiger partial charge in [-0.2, -0.15) is 4.57 Å². The Hall–Kier alpha value is -4.68. The van der Waals surface area contributed by atoms with Crippen molar-refractivity contribution in [1.82, 2.24) is 19.8 Å². The van der Waals surface area contributed by atoms with Gasteiger partial charge in [0, 0.05) is 29.7 Å². The molecular weight excluding hydrogens is 640 g/mol. The molecule has 3 aromatic heterocycles. The monoisotopic (exact) mass is 663 g/mol. The SMILES string of the molecule is C[C@H](ON=C(C(=O)NC1C(=O)N2C(C(=O)O)=C(C[n+]3cccc4c3ccn4CC(N)=O)CSC12)c1nc(N)sc1Cl)C(=O)O. The van der Waals surface area contributed by atoms with Crippen molar-refractivity contribution in [2.45, 2.75) is 37.5 Å². The standard InChI is InChI=1S/C25H23ClN8O8S2/c1-10(23(38)39)42-31-16(15-19(26)44-25(28)30-15)20(36)29-17-21(37)34-18(24(40)41)11(9-43-22(17)34)7-32-5-2-3-12-13(32)4-6-33(12)8-14(27)35/h2-6,10,17,22H,7-9H2,1H3,(H6-,27,28,29,30,35,36,38,39,40,41)/p+1/t10-,17?,22?/m0/s1. The number of nitrogens with one attached hydrogen (secondary N) is 1. The second-order valence-electron chi connectivity index (χ2n) is 9.63. The molecular formula is C25H24ClN8O8S2+. The summed E-state index contributed by atoms with van der Waals surface area (Å²) in [6.07, 6.45) is 2.04. The van der Waals surface area contributed by atoms with E-state index in [1.165, 1.54) is 18.7 Å². The minimum atomic E-state index is -1.42. The lowest BCUT2D eigenvalue weighted by Crippen LogP contribution is -2.71. The number of anilines is 1. The number of carbonyl (C=O) groups excluding carboxylic acids is 3. The van der Waals surface area contributed by atoms with E-state index < -0.39 is 52.9 Å². The molecule has 5 rings (SSSR count). The van der Waals surface area contributed by atoms with Crippen LogP contribution in [0.3, 0.4) is 0 Å². The topological polar surface area (TPSA) is 236 Å². The first kappa shape index (κ1) is 30.8. The van der Waals surface area contributed by atoms with Crippen LogP contribution in [0.5, 0.6) is 0 Å². The predicted molar refractivity (Wildman–Crippen MR) is 157 cm³/mol. The van der Waals surface area contributed by atoms with E-state index in [4.69, 9.17) is 33.0 Å². The van der Waals surface area contributed by atoms with Gasteiger partial charge in [-0.25, -0.2) is 14.6 Å². The molecule has 0 aliphatic carbocycles. The van der Waals surface area contributed by atoms with Gasteiger partial charge in [0.05, 0.1) is 0 Å². The van der Waals surface area contributed by atoms with Crippen molar-refractivity contribution >= 4 is 86.2 Å². The van der Waals surface area contributed by atoms with Crippen LogP contribution >= 0.6 is 34.7 Å². The van der Waals surface area contributed by atoms with Crippen LogP contribution in [0.2, 0.25) is 4.34 Å². The van der Waals surface area contributed by atoms with Gasteiger partial charge >= 0.3 is 11.9 Å². The highest BCUT2D eigenvalue weighted by Crippen LogP contribution is 2.40. The minimum Gasteiger partial charge on any atom is -0.478 e. The highest BCUT2D eigenvalue weighted by Gasteiger charge is 2.55. The maximum atomic E-state index is 13.3. The number of aliphatic carboxylic acids is 2. The smallest absolute Gasteiger partial charge is 0.352 e. The number of carboxylic acid groups (broad SMARTS) is 2. The molecule has 2 unspecified atom stereocenters. The zero-order valence-corrected chi connectivity index (χ0v) is 25.1. The minimum absolute atomic E-state index is 0.00674. The molecule has 5 heterocycles. The second-order valence-corrected chi connectivity index (χ2v) is 12.4. The maximum absolute atomic E-state index is 13.3. The van der Waals surface area contributed by atoms with Crippen LogP contribution in [0.25, 0.3) is 11.0 Å². The molecule has 0 bridgehead atoms. The van der Waals surface area contributed by atoms with Crippen LogP contribution < -0.4 is 21.4 Å². The number of primary amides is 1. The predicted octanol–water partition coefficient (Wildman–Crippen LogP) is -0.261. The Morgan fingerprint density at radius 1 is 1.32 bits per heavy atom. The number of halogens is 1. The number of amides is 3. The largest absolute Gasteiger partial charge is 0.478 e. The lowest BCUT2D eigenvalue weighted by atomic mass is 10.0. The number of oxime groups is 1. The van der Waals surface area contributed by atoms with Crippen molar-refractivity contribution in [3.05, 3.63) is 51.9 Å².